The number of halogens is 1. The van der Waals surface area contributed by atoms with E-state index in [1.807, 2.05) is 18.2 Å². The largest absolute Gasteiger partial charge is 0.397 e. The fourth-order valence-electron chi connectivity index (χ4n) is 1.67. The molecule has 0 saturated heterocycles. The van der Waals surface area contributed by atoms with E-state index < -0.39 is 0 Å². The minimum atomic E-state index is 0.573. The van der Waals surface area contributed by atoms with E-state index in [0.717, 1.165) is 11.3 Å². The standard InChI is InChI=1S/C14H12ClN3/c15-12-5-2-6-13(17)14(12)18-9-11-4-1-3-10(7-11)8-16/h1-7,18H,9,17H2. The van der Waals surface area contributed by atoms with Crippen molar-refractivity contribution < 1.29 is 0 Å². The zero-order valence-electron chi connectivity index (χ0n) is 9.65. The summed E-state index contributed by atoms with van der Waals surface area (Å²) in [5.74, 6) is 0. The average Bonchev–Trinajstić information content (AvgIpc) is 2.38. The average molecular weight is 258 g/mol. The maximum absolute atomic E-state index is 8.82. The SMILES string of the molecule is N#Cc1cccc(CNc2c(N)cccc2Cl)c1. The fraction of sp³-hybridized carbons (Fsp3) is 0.0714. The monoisotopic (exact) mass is 257 g/mol. The first-order valence-corrected chi connectivity index (χ1v) is 5.85. The Morgan fingerprint density at radius 1 is 1.22 bits per heavy atom. The van der Waals surface area contributed by atoms with Crippen molar-refractivity contribution in [1.82, 2.24) is 0 Å². The second kappa shape index (κ2) is 5.44. The number of anilines is 2. The zero-order valence-corrected chi connectivity index (χ0v) is 10.4. The van der Waals surface area contributed by atoms with Gasteiger partial charge in [-0.1, -0.05) is 29.8 Å². The van der Waals surface area contributed by atoms with Crippen molar-refractivity contribution in [1.29, 1.82) is 5.26 Å². The summed E-state index contributed by atoms with van der Waals surface area (Å²) in [5, 5.41) is 12.6. The van der Waals surface area contributed by atoms with Gasteiger partial charge in [-0.05, 0) is 29.8 Å². The molecule has 2 aromatic rings. The van der Waals surface area contributed by atoms with Crippen LogP contribution in [-0.2, 0) is 6.54 Å². The first-order chi connectivity index (χ1) is 8.70. The minimum absolute atomic E-state index is 0.573. The molecule has 0 aliphatic rings. The molecule has 0 heterocycles. The summed E-state index contributed by atoms with van der Waals surface area (Å²) in [5.41, 5.74) is 8.82. The van der Waals surface area contributed by atoms with Crippen LogP contribution in [0.2, 0.25) is 5.02 Å². The Bertz CT molecular complexity index is 582. The van der Waals surface area contributed by atoms with E-state index in [4.69, 9.17) is 22.6 Å². The van der Waals surface area contributed by atoms with Gasteiger partial charge in [0, 0.05) is 6.54 Å². The Labute approximate surface area is 111 Å². The molecule has 2 aromatic carbocycles. The van der Waals surface area contributed by atoms with Crippen LogP contribution in [0.25, 0.3) is 0 Å². The van der Waals surface area contributed by atoms with E-state index in [2.05, 4.69) is 11.4 Å². The molecule has 0 bridgehead atoms. The smallest absolute Gasteiger partial charge is 0.0991 e. The van der Waals surface area contributed by atoms with Gasteiger partial charge in [0.15, 0.2) is 0 Å². The molecule has 3 N–H and O–H groups in total. The normalized spacial score (nSPS) is 9.78. The highest BCUT2D eigenvalue weighted by Gasteiger charge is 2.03. The lowest BCUT2D eigenvalue weighted by molar-refractivity contribution is 1.15. The van der Waals surface area contributed by atoms with Crippen LogP contribution in [-0.4, -0.2) is 0 Å². The molecule has 0 aliphatic carbocycles. The summed E-state index contributed by atoms with van der Waals surface area (Å²) in [4.78, 5) is 0. The number of nitrogens with one attached hydrogen (secondary N) is 1. The summed E-state index contributed by atoms with van der Waals surface area (Å²) in [6, 6.07) is 14.9. The Kier molecular flexibility index (Phi) is 3.71. The van der Waals surface area contributed by atoms with E-state index in [1.165, 1.54) is 0 Å². The summed E-state index contributed by atoms with van der Waals surface area (Å²) < 4.78 is 0. The summed E-state index contributed by atoms with van der Waals surface area (Å²) in [7, 11) is 0. The van der Waals surface area contributed by atoms with Gasteiger partial charge in [-0.2, -0.15) is 5.26 Å². The van der Waals surface area contributed by atoms with E-state index in [1.54, 1.807) is 24.3 Å². The first kappa shape index (κ1) is 12.3. The number of para-hydroxylation sites is 1. The lowest BCUT2D eigenvalue weighted by Crippen LogP contribution is -2.03. The molecular formula is C14H12ClN3. The van der Waals surface area contributed by atoms with Crippen LogP contribution in [0.3, 0.4) is 0 Å². The number of nitrogens with zero attached hydrogens (tertiary/aromatic N) is 1. The number of benzene rings is 2. The van der Waals surface area contributed by atoms with Crippen molar-refractivity contribution in [3.8, 4) is 6.07 Å². The van der Waals surface area contributed by atoms with Gasteiger partial charge in [0.25, 0.3) is 0 Å². The van der Waals surface area contributed by atoms with Gasteiger partial charge < -0.3 is 11.1 Å². The van der Waals surface area contributed by atoms with Crippen molar-refractivity contribution >= 4 is 23.0 Å². The van der Waals surface area contributed by atoms with Gasteiger partial charge in [-0.3, -0.25) is 0 Å². The van der Waals surface area contributed by atoms with Crippen LogP contribution in [0, 0.1) is 11.3 Å². The van der Waals surface area contributed by atoms with Gasteiger partial charge >= 0.3 is 0 Å². The van der Waals surface area contributed by atoms with Crippen LogP contribution >= 0.6 is 11.6 Å². The van der Waals surface area contributed by atoms with Crippen LogP contribution in [0.1, 0.15) is 11.1 Å². The highest BCUT2D eigenvalue weighted by Crippen LogP contribution is 2.28. The van der Waals surface area contributed by atoms with Crippen molar-refractivity contribution in [3.63, 3.8) is 0 Å². The molecule has 0 spiro atoms. The van der Waals surface area contributed by atoms with Gasteiger partial charge in [0.05, 0.1) is 28.0 Å². The summed E-state index contributed by atoms with van der Waals surface area (Å²) in [6.45, 7) is 0.573. The fourth-order valence-corrected chi connectivity index (χ4v) is 1.92. The van der Waals surface area contributed by atoms with Crippen molar-refractivity contribution in [2.24, 2.45) is 0 Å². The van der Waals surface area contributed by atoms with Gasteiger partial charge in [-0.25, -0.2) is 0 Å². The summed E-state index contributed by atoms with van der Waals surface area (Å²) in [6.07, 6.45) is 0. The molecule has 3 nitrogen and oxygen atoms in total. The third kappa shape index (κ3) is 2.73. The van der Waals surface area contributed by atoms with Gasteiger partial charge in [0.1, 0.15) is 0 Å². The molecule has 4 heteroatoms. The number of hydrogen-bond acceptors (Lipinski definition) is 3. The molecular weight excluding hydrogens is 246 g/mol. The maximum atomic E-state index is 8.82. The van der Waals surface area contributed by atoms with Crippen molar-refractivity contribution in [2.75, 3.05) is 11.1 Å². The molecule has 0 amide bonds. The Hall–Kier alpha value is -2.18. The molecule has 0 aliphatic heterocycles. The van der Waals surface area contributed by atoms with E-state index in [-0.39, 0.29) is 0 Å². The number of nitrogens with two attached hydrogens (primary N) is 1. The lowest BCUT2D eigenvalue weighted by atomic mass is 10.1. The van der Waals surface area contributed by atoms with Crippen LogP contribution < -0.4 is 11.1 Å². The third-order valence-corrected chi connectivity index (χ3v) is 2.89. The van der Waals surface area contributed by atoms with Crippen LogP contribution in [0.15, 0.2) is 42.5 Å². The van der Waals surface area contributed by atoms with E-state index in [9.17, 15) is 0 Å². The van der Waals surface area contributed by atoms with Crippen LogP contribution in [0.4, 0.5) is 11.4 Å². The second-order valence-electron chi connectivity index (χ2n) is 3.87. The lowest BCUT2D eigenvalue weighted by Gasteiger charge is -2.11. The van der Waals surface area contributed by atoms with E-state index in [0.29, 0.717) is 22.8 Å². The van der Waals surface area contributed by atoms with Crippen molar-refractivity contribution in [3.05, 3.63) is 58.6 Å². The number of rotatable bonds is 3. The molecule has 0 fully saturated rings. The van der Waals surface area contributed by atoms with E-state index >= 15 is 0 Å². The van der Waals surface area contributed by atoms with Gasteiger partial charge in [0.2, 0.25) is 0 Å². The Morgan fingerprint density at radius 3 is 2.72 bits per heavy atom. The summed E-state index contributed by atoms with van der Waals surface area (Å²) >= 11 is 6.06. The number of nitrogen functional groups attached to an aromatic ring is 1. The first-order valence-electron chi connectivity index (χ1n) is 5.47. The van der Waals surface area contributed by atoms with Gasteiger partial charge in [-0.15, -0.1) is 0 Å². The third-order valence-electron chi connectivity index (χ3n) is 2.57. The molecule has 0 saturated carbocycles. The molecule has 2 rings (SSSR count). The molecule has 0 aromatic heterocycles. The second-order valence-corrected chi connectivity index (χ2v) is 4.28. The molecule has 18 heavy (non-hydrogen) atoms. The highest BCUT2D eigenvalue weighted by atomic mass is 35.5. The topological polar surface area (TPSA) is 61.8 Å². The number of hydrogen-bond donors (Lipinski definition) is 2. The molecule has 90 valence electrons. The molecule has 0 unspecified atom stereocenters. The zero-order chi connectivity index (χ0) is 13.0. The number of nitriles is 1. The quantitative estimate of drug-likeness (QED) is 0.829. The Morgan fingerprint density at radius 2 is 2.00 bits per heavy atom. The maximum Gasteiger partial charge on any atom is 0.0991 e. The van der Waals surface area contributed by atoms with Crippen molar-refractivity contribution in [2.45, 2.75) is 6.54 Å². The highest BCUT2D eigenvalue weighted by molar-refractivity contribution is 6.33. The Balaban J connectivity index is 2.14. The molecule has 0 atom stereocenters. The predicted molar refractivity (Wildman–Crippen MR) is 74.3 cm³/mol. The minimum Gasteiger partial charge on any atom is -0.397 e. The molecule has 0 radical (unpaired) electrons. The van der Waals surface area contributed by atoms with Crippen LogP contribution in [0.5, 0.6) is 0 Å². The predicted octanol–water partition coefficient (Wildman–Crippen LogP) is 3.41.